The highest BCUT2D eigenvalue weighted by Crippen LogP contribution is 2.63. The Morgan fingerprint density at radius 2 is 0.556 bits per heavy atom. The summed E-state index contributed by atoms with van der Waals surface area (Å²) in [6.07, 6.45) is 0. The van der Waals surface area contributed by atoms with Crippen molar-refractivity contribution in [3.8, 4) is 67.3 Å². The average Bonchev–Trinajstić information content (AvgIpc) is 1.51. The summed E-state index contributed by atoms with van der Waals surface area (Å²) < 4.78 is 4.74. The largest absolute Gasteiger partial charge is 0.311 e. The zero-order valence-corrected chi connectivity index (χ0v) is 53.8. The van der Waals surface area contributed by atoms with Crippen LogP contribution in [0.25, 0.3) is 122 Å². The number of fused-ring (bicyclic) bond motifs is 17. The molecule has 0 saturated carbocycles. The Bertz CT molecular complexity index is 6040. The van der Waals surface area contributed by atoms with Gasteiger partial charge in [-0.05, 0) is 184 Å². The van der Waals surface area contributed by atoms with Crippen molar-refractivity contribution in [3.63, 3.8) is 0 Å². The minimum atomic E-state index is -0.493. The van der Waals surface area contributed by atoms with Gasteiger partial charge >= 0.3 is 0 Å². The van der Waals surface area contributed by atoms with Crippen LogP contribution in [0, 0.1) is 0 Å². The number of benzene rings is 15. The van der Waals surface area contributed by atoms with Gasteiger partial charge < -0.3 is 18.9 Å². The normalized spacial score (nSPS) is 12.5. The summed E-state index contributed by atoms with van der Waals surface area (Å²) in [5.74, 6) is 0. The fourth-order valence-corrected chi connectivity index (χ4v) is 16.5. The molecule has 2 aliphatic rings. The van der Waals surface area contributed by atoms with E-state index in [2.05, 4.69) is 383 Å². The lowest BCUT2D eigenvalue weighted by molar-refractivity contribution is 0.794. The molecule has 0 radical (unpaired) electrons. The van der Waals surface area contributed by atoms with Crippen LogP contribution in [0.4, 0.5) is 34.1 Å². The van der Waals surface area contributed by atoms with Crippen molar-refractivity contribution in [2.45, 2.75) is 5.41 Å². The highest BCUT2D eigenvalue weighted by atomic mass is 15.1. The number of anilines is 6. The molecular weight excluding hydrogens is 1200 g/mol. The van der Waals surface area contributed by atoms with Crippen LogP contribution >= 0.6 is 0 Å². The number of rotatable bonds is 11. The molecule has 0 atom stereocenters. The van der Waals surface area contributed by atoms with Crippen molar-refractivity contribution < 1.29 is 0 Å². The van der Waals surface area contributed by atoms with Gasteiger partial charge in [0, 0.05) is 83.7 Å². The molecule has 20 rings (SSSR count). The Hall–Kier alpha value is -13.2. The van der Waals surface area contributed by atoms with Crippen molar-refractivity contribution in [1.82, 2.24) is 19.1 Å². The molecule has 3 aromatic heterocycles. The van der Waals surface area contributed by atoms with E-state index >= 15 is 0 Å². The van der Waals surface area contributed by atoms with Crippen LogP contribution < -0.4 is 9.80 Å². The predicted molar refractivity (Wildman–Crippen MR) is 410 cm³/mol. The van der Waals surface area contributed by atoms with Gasteiger partial charge in [-0.15, -0.1) is 0 Å². The van der Waals surface area contributed by atoms with Crippen molar-refractivity contribution in [3.05, 3.63) is 386 Å². The van der Waals surface area contributed by atoms with Gasteiger partial charge in [0.25, 0.3) is 0 Å². The number of nitrogens with zero attached hydrogens (tertiary/aromatic N) is 6. The van der Waals surface area contributed by atoms with E-state index in [-0.39, 0.29) is 0 Å². The maximum atomic E-state index is 5.89. The molecule has 18 aromatic rings. The summed E-state index contributed by atoms with van der Waals surface area (Å²) in [5.41, 5.74) is 30.3. The Morgan fingerprint density at radius 3 is 0.980 bits per heavy atom. The van der Waals surface area contributed by atoms with Gasteiger partial charge in [-0.2, -0.15) is 0 Å². The summed E-state index contributed by atoms with van der Waals surface area (Å²) in [4.78, 5) is 16.3. The van der Waals surface area contributed by atoms with Gasteiger partial charge in [0.2, 0.25) is 0 Å². The van der Waals surface area contributed by atoms with E-state index in [0.717, 1.165) is 90.2 Å². The molecule has 1 spiro atoms. The third-order valence-corrected chi connectivity index (χ3v) is 20.7. The predicted octanol–water partition coefficient (Wildman–Crippen LogP) is 24.1. The summed E-state index contributed by atoms with van der Waals surface area (Å²) in [7, 11) is 0. The van der Waals surface area contributed by atoms with Crippen molar-refractivity contribution in [2.24, 2.45) is 0 Å². The van der Waals surface area contributed by atoms with Gasteiger partial charge in [0.1, 0.15) is 0 Å². The number of aromatic nitrogens is 4. The molecule has 0 fully saturated rings. The van der Waals surface area contributed by atoms with Gasteiger partial charge in [-0.25, -0.2) is 9.97 Å². The minimum absolute atomic E-state index is 0.493. The lowest BCUT2D eigenvalue weighted by Gasteiger charge is -2.30. The highest BCUT2D eigenvalue weighted by Gasteiger charge is 2.51. The zero-order chi connectivity index (χ0) is 65.1. The van der Waals surface area contributed by atoms with Crippen LogP contribution in [0.3, 0.4) is 0 Å². The maximum Gasteiger partial charge on any atom is 0.0973 e. The average molecular weight is 1260 g/mol. The molecule has 0 unspecified atom stereocenters. The Labute approximate surface area is 573 Å². The molecule has 6 heteroatoms. The first-order chi connectivity index (χ1) is 49.1. The Morgan fingerprint density at radius 1 is 0.232 bits per heavy atom. The number of hydrogen-bond acceptors (Lipinski definition) is 4. The standard InChI is InChI=1S/C93H60N6/c1-3-22-64(23-4-1)96(68-51-55-70(56-52-68)98-86-38-17-10-29-77(86)78-30-11-18-39-87(78)98)66-47-42-61(43-48-66)90-91(62-44-49-67(50-45-62)97(65-24-5-2-6-25-65)69-53-57-71(58-54-69)99-88-40-19-12-31-79(88)80-32-13-20-41-89(80)99)95-92-72(33-21-37-85(92)94-90)63-46-59-76-75-28-9-16-36-83(75)93(84(76)60-63)81-34-14-7-26-73(81)74-27-8-15-35-82(74)93/h1-60H. The third kappa shape index (κ3) is 8.69. The quantitative estimate of drug-likeness (QED) is 0.129. The number of para-hydroxylation sites is 7. The van der Waals surface area contributed by atoms with Crippen LogP contribution in [0.2, 0.25) is 0 Å². The van der Waals surface area contributed by atoms with Crippen molar-refractivity contribution in [1.29, 1.82) is 0 Å². The summed E-state index contributed by atoms with van der Waals surface area (Å²) >= 11 is 0. The Kier molecular flexibility index (Phi) is 12.8. The zero-order valence-electron chi connectivity index (χ0n) is 53.8. The second-order valence-electron chi connectivity index (χ2n) is 25.9. The minimum Gasteiger partial charge on any atom is -0.311 e. The van der Waals surface area contributed by atoms with Crippen LogP contribution in [0.5, 0.6) is 0 Å². The molecule has 0 amide bonds. The molecule has 2 aliphatic carbocycles. The molecular formula is C93H60N6. The third-order valence-electron chi connectivity index (χ3n) is 20.7. The molecule has 0 saturated heterocycles. The van der Waals surface area contributed by atoms with E-state index in [9.17, 15) is 0 Å². The van der Waals surface area contributed by atoms with Crippen LogP contribution in [-0.2, 0) is 5.41 Å². The summed E-state index contributed by atoms with van der Waals surface area (Å²) in [6.45, 7) is 0. The van der Waals surface area contributed by atoms with E-state index in [1.807, 2.05) is 0 Å². The van der Waals surface area contributed by atoms with Crippen molar-refractivity contribution >= 4 is 88.8 Å². The molecule has 462 valence electrons. The Balaban J connectivity index is 0.725. The molecule has 6 nitrogen and oxygen atoms in total. The van der Waals surface area contributed by atoms with Gasteiger partial charge in [0.05, 0.1) is 49.9 Å². The molecule has 15 aromatic carbocycles. The SMILES string of the molecule is c1ccc(N(c2ccc(-c3nc4cccc(-c5ccc6c(c5)C5(c7ccccc7-c7ccccc75)c5ccccc5-6)c4nc3-c3ccc(N(c4ccccc4)c4ccc(-n5c6ccccc6c6ccccc65)cc4)cc3)cc2)c2ccc(-n3c4ccccc4c4ccccc43)cc2)cc1. The van der Waals surface area contributed by atoms with E-state index in [1.165, 1.54) is 88.1 Å². The first-order valence-electron chi connectivity index (χ1n) is 34.0. The highest BCUT2D eigenvalue weighted by molar-refractivity contribution is 6.11. The molecule has 0 N–H and O–H groups in total. The number of hydrogen-bond donors (Lipinski definition) is 0. The van der Waals surface area contributed by atoms with Crippen molar-refractivity contribution in [2.75, 3.05) is 9.80 Å². The van der Waals surface area contributed by atoms with Crippen LogP contribution in [-0.4, -0.2) is 19.1 Å². The topological polar surface area (TPSA) is 42.1 Å². The fraction of sp³-hybridized carbons (Fsp3) is 0.0108. The first-order valence-corrected chi connectivity index (χ1v) is 34.0. The molecule has 0 bridgehead atoms. The van der Waals surface area contributed by atoms with Gasteiger partial charge in [-0.1, -0.05) is 231 Å². The lowest BCUT2D eigenvalue weighted by atomic mass is 9.70. The van der Waals surface area contributed by atoms with Crippen LogP contribution in [0.15, 0.2) is 364 Å². The lowest BCUT2D eigenvalue weighted by Crippen LogP contribution is -2.25. The second kappa shape index (κ2) is 22.5. The van der Waals surface area contributed by atoms with Crippen LogP contribution in [0.1, 0.15) is 22.3 Å². The first kappa shape index (κ1) is 56.2. The smallest absolute Gasteiger partial charge is 0.0973 e. The van der Waals surface area contributed by atoms with Gasteiger partial charge in [0.15, 0.2) is 0 Å². The maximum absolute atomic E-state index is 5.89. The second-order valence-corrected chi connectivity index (χ2v) is 25.9. The summed E-state index contributed by atoms with van der Waals surface area (Å²) in [5, 5.41) is 4.96. The van der Waals surface area contributed by atoms with E-state index in [0.29, 0.717) is 0 Å². The van der Waals surface area contributed by atoms with E-state index < -0.39 is 5.41 Å². The molecule has 0 aliphatic heterocycles. The van der Waals surface area contributed by atoms with E-state index in [1.54, 1.807) is 0 Å². The fourth-order valence-electron chi connectivity index (χ4n) is 16.5. The molecule has 3 heterocycles. The monoisotopic (exact) mass is 1260 g/mol. The van der Waals surface area contributed by atoms with E-state index in [4.69, 9.17) is 9.97 Å². The molecule has 99 heavy (non-hydrogen) atoms. The van der Waals surface area contributed by atoms with Gasteiger partial charge in [-0.3, -0.25) is 0 Å². The summed E-state index contributed by atoms with van der Waals surface area (Å²) in [6, 6.07) is 132.